The highest BCUT2D eigenvalue weighted by molar-refractivity contribution is 5.71. The van der Waals surface area contributed by atoms with Crippen LogP contribution in [-0.2, 0) is 0 Å². The Morgan fingerprint density at radius 3 is 2.80 bits per heavy atom. The van der Waals surface area contributed by atoms with Gasteiger partial charge in [-0.15, -0.1) is 0 Å². The van der Waals surface area contributed by atoms with Gasteiger partial charge in [0, 0.05) is 24.6 Å². The van der Waals surface area contributed by atoms with Gasteiger partial charge in [0.1, 0.15) is 11.6 Å². The van der Waals surface area contributed by atoms with Crippen LogP contribution >= 0.6 is 0 Å². The standard InChI is InChI=1S/C14H14FN5/c1-2-16-12-9-20-8-7-17-14(20)13(19-12)18-11-5-3-10(15)4-6-11/h3-9,16H,2H2,1H3,(H,18,19). The van der Waals surface area contributed by atoms with E-state index in [9.17, 15) is 4.39 Å². The van der Waals surface area contributed by atoms with Crippen LogP contribution in [0.3, 0.4) is 0 Å². The SMILES string of the molecule is CCNc1cn2ccnc2c(Nc2ccc(F)cc2)n1. The van der Waals surface area contributed by atoms with Crippen LogP contribution < -0.4 is 10.6 Å². The molecule has 3 aromatic rings. The molecule has 0 saturated heterocycles. The largest absolute Gasteiger partial charge is 0.369 e. The maximum Gasteiger partial charge on any atom is 0.180 e. The fourth-order valence-electron chi connectivity index (χ4n) is 1.95. The maximum atomic E-state index is 12.9. The molecule has 0 bridgehead atoms. The van der Waals surface area contributed by atoms with E-state index in [1.54, 1.807) is 18.3 Å². The Balaban J connectivity index is 2.00. The zero-order valence-corrected chi connectivity index (χ0v) is 11.0. The Morgan fingerprint density at radius 1 is 1.25 bits per heavy atom. The molecule has 0 aliphatic heterocycles. The van der Waals surface area contributed by atoms with Crippen molar-refractivity contribution in [2.75, 3.05) is 17.2 Å². The van der Waals surface area contributed by atoms with Crippen LogP contribution in [0.1, 0.15) is 6.92 Å². The number of rotatable bonds is 4. The molecule has 0 spiro atoms. The molecule has 0 aliphatic rings. The van der Waals surface area contributed by atoms with Crippen molar-refractivity contribution in [2.45, 2.75) is 6.92 Å². The quantitative estimate of drug-likeness (QED) is 0.765. The van der Waals surface area contributed by atoms with Gasteiger partial charge in [0.2, 0.25) is 0 Å². The summed E-state index contributed by atoms with van der Waals surface area (Å²) < 4.78 is 14.8. The highest BCUT2D eigenvalue weighted by atomic mass is 19.1. The van der Waals surface area contributed by atoms with Crippen LogP contribution in [0.5, 0.6) is 0 Å². The Labute approximate surface area is 115 Å². The van der Waals surface area contributed by atoms with Crippen molar-refractivity contribution in [1.82, 2.24) is 14.4 Å². The zero-order valence-electron chi connectivity index (χ0n) is 11.0. The summed E-state index contributed by atoms with van der Waals surface area (Å²) in [6.07, 6.45) is 5.44. The van der Waals surface area contributed by atoms with E-state index in [-0.39, 0.29) is 5.82 Å². The average molecular weight is 271 g/mol. The summed E-state index contributed by atoms with van der Waals surface area (Å²) in [5.74, 6) is 1.11. The molecular formula is C14H14FN5. The van der Waals surface area contributed by atoms with Crippen LogP contribution in [0, 0.1) is 5.82 Å². The van der Waals surface area contributed by atoms with E-state index in [2.05, 4.69) is 20.6 Å². The highest BCUT2D eigenvalue weighted by Gasteiger charge is 2.07. The van der Waals surface area contributed by atoms with Gasteiger partial charge < -0.3 is 15.0 Å². The fraction of sp³-hybridized carbons (Fsp3) is 0.143. The van der Waals surface area contributed by atoms with E-state index < -0.39 is 0 Å². The predicted octanol–water partition coefficient (Wildman–Crippen LogP) is 3.04. The summed E-state index contributed by atoms with van der Waals surface area (Å²) in [4.78, 5) is 8.75. The number of imidazole rings is 1. The summed E-state index contributed by atoms with van der Waals surface area (Å²) in [6, 6.07) is 6.13. The third kappa shape index (κ3) is 2.40. The number of benzene rings is 1. The minimum atomic E-state index is -0.268. The zero-order chi connectivity index (χ0) is 13.9. The van der Waals surface area contributed by atoms with E-state index in [1.165, 1.54) is 12.1 Å². The lowest BCUT2D eigenvalue weighted by Gasteiger charge is -2.10. The van der Waals surface area contributed by atoms with E-state index >= 15 is 0 Å². The Morgan fingerprint density at radius 2 is 2.05 bits per heavy atom. The molecule has 0 unspecified atom stereocenters. The topological polar surface area (TPSA) is 54.2 Å². The second-order valence-corrected chi connectivity index (χ2v) is 4.30. The van der Waals surface area contributed by atoms with Gasteiger partial charge in [-0.3, -0.25) is 0 Å². The molecule has 0 amide bonds. The molecule has 2 aromatic heterocycles. The molecule has 5 nitrogen and oxygen atoms in total. The van der Waals surface area contributed by atoms with E-state index in [0.717, 1.165) is 23.7 Å². The first kappa shape index (κ1) is 12.4. The van der Waals surface area contributed by atoms with Crippen molar-refractivity contribution < 1.29 is 4.39 Å². The lowest BCUT2D eigenvalue weighted by molar-refractivity contribution is 0.628. The molecule has 0 radical (unpaired) electrons. The number of nitrogens with one attached hydrogen (secondary N) is 2. The molecule has 0 fully saturated rings. The Kier molecular flexibility index (Phi) is 3.20. The van der Waals surface area contributed by atoms with Crippen molar-refractivity contribution in [3.63, 3.8) is 0 Å². The van der Waals surface area contributed by atoms with Crippen molar-refractivity contribution in [3.05, 3.63) is 48.7 Å². The number of hydrogen-bond acceptors (Lipinski definition) is 4. The molecule has 2 heterocycles. The summed E-state index contributed by atoms with van der Waals surface area (Å²) in [7, 11) is 0. The van der Waals surface area contributed by atoms with Crippen LogP contribution in [0.2, 0.25) is 0 Å². The third-order valence-electron chi connectivity index (χ3n) is 2.84. The first-order valence-electron chi connectivity index (χ1n) is 6.36. The molecule has 6 heteroatoms. The molecule has 0 atom stereocenters. The average Bonchev–Trinajstić information content (AvgIpc) is 2.90. The molecule has 2 N–H and O–H groups in total. The molecule has 0 saturated carbocycles. The Bertz CT molecular complexity index is 720. The molecular weight excluding hydrogens is 257 g/mol. The highest BCUT2D eigenvalue weighted by Crippen LogP contribution is 2.21. The molecule has 102 valence electrons. The van der Waals surface area contributed by atoms with Gasteiger partial charge in [0.25, 0.3) is 0 Å². The monoisotopic (exact) mass is 271 g/mol. The number of halogens is 1. The van der Waals surface area contributed by atoms with Crippen molar-refractivity contribution in [3.8, 4) is 0 Å². The second kappa shape index (κ2) is 5.16. The van der Waals surface area contributed by atoms with Crippen LogP contribution in [0.4, 0.5) is 21.7 Å². The molecule has 1 aromatic carbocycles. The molecule has 3 rings (SSSR count). The van der Waals surface area contributed by atoms with Gasteiger partial charge in [-0.05, 0) is 31.2 Å². The normalized spacial score (nSPS) is 10.7. The van der Waals surface area contributed by atoms with Gasteiger partial charge in [-0.25, -0.2) is 14.4 Å². The van der Waals surface area contributed by atoms with Gasteiger partial charge in [-0.2, -0.15) is 0 Å². The van der Waals surface area contributed by atoms with Gasteiger partial charge in [-0.1, -0.05) is 0 Å². The number of aromatic nitrogens is 3. The maximum absolute atomic E-state index is 12.9. The van der Waals surface area contributed by atoms with Crippen molar-refractivity contribution in [2.24, 2.45) is 0 Å². The second-order valence-electron chi connectivity index (χ2n) is 4.30. The fourth-order valence-corrected chi connectivity index (χ4v) is 1.95. The van der Waals surface area contributed by atoms with Gasteiger partial charge in [0.15, 0.2) is 11.5 Å². The molecule has 20 heavy (non-hydrogen) atoms. The lowest BCUT2D eigenvalue weighted by Crippen LogP contribution is -2.05. The summed E-state index contributed by atoms with van der Waals surface area (Å²) in [5, 5.41) is 6.32. The number of nitrogens with zero attached hydrogens (tertiary/aromatic N) is 3. The summed E-state index contributed by atoms with van der Waals surface area (Å²) >= 11 is 0. The number of anilines is 3. The molecule has 0 aliphatic carbocycles. The number of hydrogen-bond donors (Lipinski definition) is 2. The van der Waals surface area contributed by atoms with Gasteiger partial charge in [0.05, 0.1) is 6.20 Å². The van der Waals surface area contributed by atoms with E-state index in [0.29, 0.717) is 5.82 Å². The summed E-state index contributed by atoms with van der Waals surface area (Å²) in [5.41, 5.74) is 1.48. The predicted molar refractivity (Wildman–Crippen MR) is 76.8 cm³/mol. The minimum Gasteiger partial charge on any atom is -0.369 e. The van der Waals surface area contributed by atoms with E-state index in [4.69, 9.17) is 0 Å². The first-order chi connectivity index (χ1) is 9.76. The van der Waals surface area contributed by atoms with Crippen LogP contribution in [0.25, 0.3) is 5.65 Å². The summed E-state index contributed by atoms with van der Waals surface area (Å²) in [6.45, 7) is 2.79. The van der Waals surface area contributed by atoms with Crippen LogP contribution in [-0.4, -0.2) is 20.9 Å². The van der Waals surface area contributed by atoms with Gasteiger partial charge >= 0.3 is 0 Å². The van der Waals surface area contributed by atoms with Crippen molar-refractivity contribution >= 4 is 23.0 Å². The smallest absolute Gasteiger partial charge is 0.180 e. The van der Waals surface area contributed by atoms with E-state index in [1.807, 2.05) is 23.7 Å². The lowest BCUT2D eigenvalue weighted by atomic mass is 10.3. The third-order valence-corrected chi connectivity index (χ3v) is 2.84. The first-order valence-corrected chi connectivity index (χ1v) is 6.36. The van der Waals surface area contributed by atoms with Crippen LogP contribution in [0.15, 0.2) is 42.9 Å². The van der Waals surface area contributed by atoms with Crippen molar-refractivity contribution in [1.29, 1.82) is 0 Å². The Hall–Kier alpha value is -2.63. The number of fused-ring (bicyclic) bond motifs is 1. The minimum absolute atomic E-state index is 0.268.